The van der Waals surface area contributed by atoms with Crippen LogP contribution in [0.1, 0.15) is 25.9 Å². The average Bonchev–Trinajstić information content (AvgIpc) is 3.26. The quantitative estimate of drug-likeness (QED) is 0.565. The number of thiophene rings is 1. The zero-order valence-corrected chi connectivity index (χ0v) is 16.0. The largest absolute Gasteiger partial charge is 0.345 e. The molecule has 1 aromatic carbocycles. The van der Waals surface area contributed by atoms with Crippen molar-refractivity contribution >= 4 is 52.7 Å². The van der Waals surface area contributed by atoms with Crippen LogP contribution in [0, 0.1) is 4.77 Å². The summed E-state index contributed by atoms with van der Waals surface area (Å²) in [6, 6.07) is 8.18. The summed E-state index contributed by atoms with van der Waals surface area (Å²) in [4.78, 5) is 25.1. The maximum atomic E-state index is 12.4. The first-order valence-corrected chi connectivity index (χ1v) is 9.15. The molecule has 0 unspecified atom stereocenters. The van der Waals surface area contributed by atoms with E-state index in [9.17, 15) is 9.59 Å². The molecule has 2 heterocycles. The number of nitrogens with zero attached hydrogens (tertiary/aromatic N) is 2. The van der Waals surface area contributed by atoms with Crippen molar-refractivity contribution in [3.05, 3.63) is 61.8 Å². The van der Waals surface area contributed by atoms with Gasteiger partial charge in [0.1, 0.15) is 0 Å². The maximum absolute atomic E-state index is 12.4. The van der Waals surface area contributed by atoms with E-state index in [-0.39, 0.29) is 18.4 Å². The monoisotopic (exact) mass is 407 g/mol. The molecule has 0 saturated carbocycles. The molecule has 3 N–H and O–H groups in total. The fourth-order valence-electron chi connectivity index (χ4n) is 2.15. The van der Waals surface area contributed by atoms with Gasteiger partial charge in [-0.3, -0.25) is 14.7 Å². The van der Waals surface area contributed by atoms with Gasteiger partial charge in [-0.2, -0.15) is 5.10 Å². The van der Waals surface area contributed by atoms with Gasteiger partial charge >= 0.3 is 0 Å². The predicted octanol–water partition coefficient (Wildman–Crippen LogP) is 3.37. The highest BCUT2D eigenvalue weighted by Gasteiger charge is 2.13. The number of hydrogen-bond donors (Lipinski definition) is 3. The van der Waals surface area contributed by atoms with E-state index in [2.05, 4.69) is 20.8 Å². The van der Waals surface area contributed by atoms with E-state index in [1.807, 2.05) is 5.38 Å². The van der Waals surface area contributed by atoms with Crippen molar-refractivity contribution in [1.82, 2.24) is 20.1 Å². The fraction of sp³-hybridized carbons (Fsp3) is 0.125. The Kier molecular flexibility index (Phi) is 5.50. The van der Waals surface area contributed by atoms with E-state index in [0.717, 1.165) is 0 Å². The number of anilines is 1. The lowest BCUT2D eigenvalue weighted by molar-refractivity contribution is 0.0948. The number of nitrogens with one attached hydrogen (secondary N) is 3. The molecule has 134 valence electrons. The van der Waals surface area contributed by atoms with Gasteiger partial charge in [-0.05, 0) is 41.9 Å². The number of benzene rings is 1. The molecule has 0 spiro atoms. The molecule has 0 saturated heterocycles. The van der Waals surface area contributed by atoms with Gasteiger partial charge in [0.15, 0.2) is 10.6 Å². The molecule has 0 aliphatic heterocycles. The summed E-state index contributed by atoms with van der Waals surface area (Å²) < 4.78 is 2.14. The molecule has 2 amide bonds. The fourth-order valence-corrected chi connectivity index (χ4v) is 3.09. The first kappa shape index (κ1) is 18.3. The first-order chi connectivity index (χ1) is 12.5. The number of carbonyl (C=O) groups is 2. The van der Waals surface area contributed by atoms with Crippen LogP contribution in [-0.4, -0.2) is 26.6 Å². The smallest absolute Gasteiger partial charge is 0.265 e. The summed E-state index contributed by atoms with van der Waals surface area (Å²) in [6.45, 7) is 0.210. The Balaban J connectivity index is 1.71. The average molecular weight is 408 g/mol. The second kappa shape index (κ2) is 7.81. The summed E-state index contributed by atoms with van der Waals surface area (Å²) in [6.07, 6.45) is 0. The molecule has 2 aromatic heterocycles. The molecule has 0 fully saturated rings. The van der Waals surface area contributed by atoms with Gasteiger partial charge in [0.05, 0.1) is 22.1 Å². The molecule has 0 atom stereocenters. The molecule has 0 aliphatic carbocycles. The molecular weight excluding hydrogens is 394 g/mol. The van der Waals surface area contributed by atoms with Crippen LogP contribution in [0.25, 0.3) is 0 Å². The number of carbonyl (C=O) groups excluding carboxylic acids is 2. The van der Waals surface area contributed by atoms with Gasteiger partial charge < -0.3 is 15.2 Å². The molecule has 3 rings (SSSR count). The topological polar surface area (TPSA) is 91.8 Å². The molecule has 0 bridgehead atoms. The number of H-pyrrole nitrogens is 1. The number of hydrogen-bond acceptors (Lipinski definition) is 5. The third-order valence-electron chi connectivity index (χ3n) is 3.60. The molecule has 7 nitrogen and oxygen atoms in total. The van der Waals surface area contributed by atoms with Crippen molar-refractivity contribution < 1.29 is 9.59 Å². The lowest BCUT2D eigenvalue weighted by atomic mass is 10.2. The molecular formula is C16H14ClN5O2S2. The Labute approximate surface area is 163 Å². The van der Waals surface area contributed by atoms with Gasteiger partial charge in [0, 0.05) is 12.6 Å². The van der Waals surface area contributed by atoms with Gasteiger partial charge in [0.2, 0.25) is 0 Å². The standard InChI is InChI=1S/C16H14ClN5O2S2/c1-22-13(20-21-16(22)25)8-18-14(23)9-4-5-10(17)11(7-9)19-15(24)12-3-2-6-26-12/h2-7H,8H2,1H3,(H,18,23)(H,19,24)(H,21,25). The number of aromatic nitrogens is 3. The van der Waals surface area contributed by atoms with Crippen molar-refractivity contribution in [2.24, 2.45) is 7.05 Å². The van der Waals surface area contributed by atoms with Gasteiger partial charge in [0.25, 0.3) is 11.8 Å². The Morgan fingerprint density at radius 1 is 1.35 bits per heavy atom. The highest BCUT2D eigenvalue weighted by Crippen LogP contribution is 2.24. The van der Waals surface area contributed by atoms with Crippen molar-refractivity contribution in [3.8, 4) is 0 Å². The van der Waals surface area contributed by atoms with E-state index < -0.39 is 0 Å². The van der Waals surface area contributed by atoms with Gasteiger partial charge in [-0.1, -0.05) is 17.7 Å². The normalized spacial score (nSPS) is 10.5. The van der Waals surface area contributed by atoms with Crippen molar-refractivity contribution in [3.63, 3.8) is 0 Å². The summed E-state index contributed by atoms with van der Waals surface area (Å²) in [7, 11) is 1.76. The highest BCUT2D eigenvalue weighted by atomic mass is 35.5. The third kappa shape index (κ3) is 4.01. The Morgan fingerprint density at radius 2 is 2.15 bits per heavy atom. The highest BCUT2D eigenvalue weighted by molar-refractivity contribution is 7.71. The Bertz CT molecular complexity index is 1010. The van der Waals surface area contributed by atoms with Crippen LogP contribution >= 0.6 is 35.2 Å². The zero-order valence-electron chi connectivity index (χ0n) is 13.6. The summed E-state index contributed by atoms with van der Waals surface area (Å²) in [5, 5.41) is 14.3. The van der Waals surface area contributed by atoms with Crippen LogP contribution in [-0.2, 0) is 13.6 Å². The van der Waals surface area contributed by atoms with Crippen LogP contribution < -0.4 is 10.6 Å². The predicted molar refractivity (Wildman–Crippen MR) is 103 cm³/mol. The van der Waals surface area contributed by atoms with Crippen LogP contribution in [0.3, 0.4) is 0 Å². The van der Waals surface area contributed by atoms with E-state index in [4.69, 9.17) is 23.8 Å². The minimum Gasteiger partial charge on any atom is -0.345 e. The second-order valence-corrected chi connectivity index (χ2v) is 7.05. The zero-order chi connectivity index (χ0) is 18.7. The SMILES string of the molecule is Cn1c(CNC(=O)c2ccc(Cl)c(NC(=O)c3cccs3)c2)n[nH]c1=S. The molecule has 0 radical (unpaired) electrons. The Hall–Kier alpha value is -2.49. The summed E-state index contributed by atoms with van der Waals surface area (Å²) in [5.41, 5.74) is 0.739. The molecule has 10 heteroatoms. The number of amides is 2. The van der Waals surface area contributed by atoms with Crippen molar-refractivity contribution in [1.29, 1.82) is 0 Å². The lowest BCUT2D eigenvalue weighted by Crippen LogP contribution is -2.24. The van der Waals surface area contributed by atoms with E-state index in [1.165, 1.54) is 17.4 Å². The lowest BCUT2D eigenvalue weighted by Gasteiger charge is -2.09. The van der Waals surface area contributed by atoms with Gasteiger partial charge in [-0.25, -0.2) is 0 Å². The van der Waals surface area contributed by atoms with Crippen molar-refractivity contribution in [2.45, 2.75) is 6.54 Å². The molecule has 26 heavy (non-hydrogen) atoms. The number of halogens is 1. The minimum absolute atomic E-state index is 0.210. The van der Waals surface area contributed by atoms with Crippen LogP contribution in [0.5, 0.6) is 0 Å². The number of rotatable bonds is 5. The van der Waals surface area contributed by atoms with Crippen LogP contribution in [0.4, 0.5) is 5.69 Å². The third-order valence-corrected chi connectivity index (χ3v) is 5.16. The Morgan fingerprint density at radius 3 is 2.81 bits per heavy atom. The first-order valence-electron chi connectivity index (χ1n) is 7.48. The molecule has 0 aliphatic rings. The van der Waals surface area contributed by atoms with Crippen LogP contribution in [0.15, 0.2) is 35.7 Å². The molecule has 3 aromatic rings. The maximum Gasteiger partial charge on any atom is 0.265 e. The van der Waals surface area contributed by atoms with Gasteiger partial charge in [-0.15, -0.1) is 11.3 Å². The van der Waals surface area contributed by atoms with Crippen LogP contribution in [0.2, 0.25) is 5.02 Å². The second-order valence-electron chi connectivity index (χ2n) is 5.31. The van der Waals surface area contributed by atoms with E-state index in [0.29, 0.717) is 31.7 Å². The summed E-state index contributed by atoms with van der Waals surface area (Å²) >= 11 is 12.5. The number of aromatic amines is 1. The van der Waals surface area contributed by atoms with E-state index in [1.54, 1.807) is 35.9 Å². The summed E-state index contributed by atoms with van der Waals surface area (Å²) in [5.74, 6) is 0.00623. The van der Waals surface area contributed by atoms with E-state index >= 15 is 0 Å². The minimum atomic E-state index is -0.317. The van der Waals surface area contributed by atoms with Crippen molar-refractivity contribution in [2.75, 3.05) is 5.32 Å².